The van der Waals surface area contributed by atoms with Crippen molar-refractivity contribution in [3.05, 3.63) is 65.5 Å². The van der Waals surface area contributed by atoms with E-state index in [2.05, 4.69) is 5.32 Å². The number of halogens is 1. The van der Waals surface area contributed by atoms with Crippen molar-refractivity contribution in [3.63, 3.8) is 0 Å². The normalized spacial score (nSPS) is 14.7. The fourth-order valence-corrected chi connectivity index (χ4v) is 5.94. The zero-order valence-electron chi connectivity index (χ0n) is 22.7. The van der Waals surface area contributed by atoms with Crippen LogP contribution in [0.4, 0.5) is 10.1 Å². The fourth-order valence-electron chi connectivity index (χ4n) is 4.98. The number of hydrogen-bond acceptors (Lipinski definition) is 4. The van der Waals surface area contributed by atoms with Crippen LogP contribution in [0.1, 0.15) is 69.9 Å². The van der Waals surface area contributed by atoms with Gasteiger partial charge in [0.1, 0.15) is 11.9 Å². The lowest BCUT2D eigenvalue weighted by Gasteiger charge is -2.32. The number of nitrogens with one attached hydrogen (secondary N) is 1. The molecule has 208 valence electrons. The minimum atomic E-state index is -3.55. The Labute approximate surface area is 226 Å². The Hall–Kier alpha value is -2.94. The second-order valence-electron chi connectivity index (χ2n) is 10.0. The summed E-state index contributed by atoms with van der Waals surface area (Å²) in [5.41, 5.74) is 2.39. The lowest BCUT2D eigenvalue weighted by atomic mass is 10.1. The molecule has 0 spiro atoms. The molecule has 0 unspecified atom stereocenters. The first-order valence-corrected chi connectivity index (χ1v) is 15.4. The monoisotopic (exact) mass is 545 g/mol. The van der Waals surface area contributed by atoms with E-state index in [0.29, 0.717) is 18.5 Å². The van der Waals surface area contributed by atoms with E-state index in [1.165, 1.54) is 16.4 Å². The van der Waals surface area contributed by atoms with Crippen LogP contribution in [0.2, 0.25) is 0 Å². The average Bonchev–Trinajstić information content (AvgIpc) is 3.40. The summed E-state index contributed by atoms with van der Waals surface area (Å²) in [6.45, 7) is 4.22. The number of amides is 2. The highest BCUT2D eigenvalue weighted by atomic mass is 32.2. The molecular weight excluding hydrogens is 505 g/mol. The van der Waals surface area contributed by atoms with Crippen LogP contribution < -0.4 is 9.62 Å². The molecule has 1 aliphatic rings. The minimum absolute atomic E-state index is 0.0769. The van der Waals surface area contributed by atoms with Crippen molar-refractivity contribution in [2.24, 2.45) is 0 Å². The van der Waals surface area contributed by atoms with E-state index in [4.69, 9.17) is 0 Å². The van der Waals surface area contributed by atoms with Gasteiger partial charge in [0, 0.05) is 25.6 Å². The minimum Gasteiger partial charge on any atom is -0.352 e. The number of nitrogens with zero attached hydrogens (tertiary/aromatic N) is 2. The highest BCUT2D eigenvalue weighted by Crippen LogP contribution is 2.22. The molecule has 38 heavy (non-hydrogen) atoms. The summed E-state index contributed by atoms with van der Waals surface area (Å²) in [5.74, 6) is -0.786. The van der Waals surface area contributed by atoms with Gasteiger partial charge in [-0.05, 0) is 67.5 Å². The molecule has 7 nitrogen and oxygen atoms in total. The number of rotatable bonds is 13. The molecule has 0 aromatic heterocycles. The van der Waals surface area contributed by atoms with Gasteiger partial charge in [-0.3, -0.25) is 13.9 Å². The van der Waals surface area contributed by atoms with Gasteiger partial charge in [0.2, 0.25) is 21.8 Å². The number of benzene rings is 2. The van der Waals surface area contributed by atoms with Gasteiger partial charge in [-0.15, -0.1) is 0 Å². The Kier molecular flexibility index (Phi) is 10.7. The van der Waals surface area contributed by atoms with Crippen LogP contribution in [-0.2, 0) is 32.6 Å². The fraction of sp³-hybridized carbons (Fsp3) is 0.517. The lowest BCUT2D eigenvalue weighted by Crippen LogP contribution is -2.51. The van der Waals surface area contributed by atoms with Crippen LogP contribution in [-0.4, -0.2) is 50.0 Å². The molecule has 1 saturated carbocycles. The van der Waals surface area contributed by atoms with Crippen molar-refractivity contribution < 1.29 is 22.4 Å². The second-order valence-corrected chi connectivity index (χ2v) is 11.9. The van der Waals surface area contributed by atoms with Gasteiger partial charge < -0.3 is 10.2 Å². The number of carbonyl (C=O) groups excluding carboxylic acids is 2. The molecule has 3 rings (SSSR count). The van der Waals surface area contributed by atoms with Gasteiger partial charge in [-0.1, -0.05) is 51.0 Å². The van der Waals surface area contributed by atoms with Gasteiger partial charge >= 0.3 is 0 Å². The van der Waals surface area contributed by atoms with Crippen molar-refractivity contribution in [2.75, 3.05) is 17.1 Å². The van der Waals surface area contributed by atoms with Crippen LogP contribution in [0.25, 0.3) is 0 Å². The van der Waals surface area contributed by atoms with Crippen molar-refractivity contribution in [3.8, 4) is 0 Å². The smallest absolute Gasteiger partial charge is 0.243 e. The first-order valence-electron chi connectivity index (χ1n) is 13.5. The predicted molar refractivity (Wildman–Crippen MR) is 149 cm³/mol. The Morgan fingerprint density at radius 3 is 2.16 bits per heavy atom. The van der Waals surface area contributed by atoms with Crippen molar-refractivity contribution in [1.82, 2.24) is 10.2 Å². The molecule has 2 aromatic rings. The Bertz CT molecular complexity index is 1160. The Morgan fingerprint density at radius 1 is 1.00 bits per heavy atom. The molecule has 1 N–H and O–H groups in total. The molecule has 1 atom stereocenters. The number of hydrogen-bond donors (Lipinski definition) is 1. The Balaban J connectivity index is 1.74. The second kappa shape index (κ2) is 13.7. The summed E-state index contributed by atoms with van der Waals surface area (Å²) in [7, 11) is -3.55. The largest absolute Gasteiger partial charge is 0.352 e. The number of anilines is 1. The Morgan fingerprint density at radius 2 is 1.61 bits per heavy atom. The van der Waals surface area contributed by atoms with Crippen molar-refractivity contribution in [2.45, 2.75) is 83.8 Å². The third-order valence-corrected chi connectivity index (χ3v) is 8.33. The van der Waals surface area contributed by atoms with Gasteiger partial charge in [0.25, 0.3) is 0 Å². The summed E-state index contributed by atoms with van der Waals surface area (Å²) in [6, 6.07) is 12.7. The van der Waals surface area contributed by atoms with E-state index >= 15 is 0 Å². The van der Waals surface area contributed by atoms with Crippen LogP contribution in [0.15, 0.2) is 48.5 Å². The van der Waals surface area contributed by atoms with E-state index < -0.39 is 16.1 Å². The summed E-state index contributed by atoms with van der Waals surface area (Å²) in [5, 5.41) is 3.10. The summed E-state index contributed by atoms with van der Waals surface area (Å²) in [6.07, 6.45) is 6.85. The highest BCUT2D eigenvalue weighted by molar-refractivity contribution is 7.92. The first kappa shape index (κ1) is 29.6. The van der Waals surface area contributed by atoms with Crippen LogP contribution in [0.5, 0.6) is 0 Å². The molecule has 0 heterocycles. The zero-order chi connectivity index (χ0) is 27.7. The molecule has 1 fully saturated rings. The maximum absolute atomic E-state index is 13.5. The van der Waals surface area contributed by atoms with Gasteiger partial charge in [-0.25, -0.2) is 12.8 Å². The quantitative estimate of drug-likeness (QED) is 0.392. The average molecular weight is 546 g/mol. The molecule has 0 bridgehead atoms. The van der Waals surface area contributed by atoms with E-state index in [1.54, 1.807) is 29.2 Å². The third kappa shape index (κ3) is 8.28. The van der Waals surface area contributed by atoms with Gasteiger partial charge in [-0.2, -0.15) is 0 Å². The molecule has 0 saturated heterocycles. The molecule has 2 aromatic carbocycles. The first-order chi connectivity index (χ1) is 18.1. The third-order valence-electron chi connectivity index (χ3n) is 7.14. The summed E-state index contributed by atoms with van der Waals surface area (Å²) >= 11 is 0. The molecular formula is C29H40FN3O4S. The summed E-state index contributed by atoms with van der Waals surface area (Å²) in [4.78, 5) is 28.3. The maximum atomic E-state index is 13.5. The molecule has 1 aliphatic carbocycles. The summed E-state index contributed by atoms with van der Waals surface area (Å²) < 4.78 is 39.8. The predicted octanol–water partition coefficient (Wildman–Crippen LogP) is 4.80. The number of aryl methyl sites for hydroxylation is 1. The SMILES string of the molecule is CCc1ccc(N(CCCC(=O)N(Cc2ccc(F)cc2)[C@@H](CC)C(=O)NC2CCCC2)S(C)(=O)=O)cc1. The lowest BCUT2D eigenvalue weighted by molar-refractivity contribution is -0.141. The van der Waals surface area contributed by atoms with Crippen molar-refractivity contribution in [1.29, 1.82) is 0 Å². The standard InChI is InChI=1S/C29H40FN3O4S/c1-4-22-14-18-26(19-15-22)33(38(3,36)37)20-8-11-28(34)32(21-23-12-16-24(30)17-13-23)27(5-2)29(35)31-25-9-6-7-10-25/h12-19,25,27H,4-11,20-21H2,1-3H3,(H,31,35)/t27-/m0/s1. The number of sulfonamides is 1. The van der Waals surface area contributed by atoms with Gasteiger partial charge in [0.15, 0.2) is 0 Å². The van der Waals surface area contributed by atoms with Crippen molar-refractivity contribution >= 4 is 27.5 Å². The molecule has 0 aliphatic heterocycles. The molecule has 9 heteroatoms. The van der Waals surface area contributed by atoms with Gasteiger partial charge in [0.05, 0.1) is 11.9 Å². The maximum Gasteiger partial charge on any atom is 0.243 e. The van der Waals surface area contributed by atoms with Crippen LogP contribution in [0.3, 0.4) is 0 Å². The zero-order valence-corrected chi connectivity index (χ0v) is 23.5. The van der Waals surface area contributed by atoms with E-state index in [9.17, 15) is 22.4 Å². The highest BCUT2D eigenvalue weighted by Gasteiger charge is 2.30. The van der Waals surface area contributed by atoms with E-state index in [0.717, 1.165) is 49.5 Å². The van der Waals surface area contributed by atoms with E-state index in [1.807, 2.05) is 26.0 Å². The van der Waals surface area contributed by atoms with Crippen LogP contribution in [0, 0.1) is 5.82 Å². The molecule has 2 amide bonds. The van der Waals surface area contributed by atoms with Crippen LogP contribution >= 0.6 is 0 Å². The molecule has 0 radical (unpaired) electrons. The van der Waals surface area contributed by atoms with E-state index in [-0.39, 0.29) is 43.2 Å². The number of carbonyl (C=O) groups is 2. The topological polar surface area (TPSA) is 86.8 Å².